The lowest BCUT2D eigenvalue weighted by molar-refractivity contribution is 0.442. The van der Waals surface area contributed by atoms with Crippen molar-refractivity contribution in [3.05, 3.63) is 42.1 Å². The summed E-state index contributed by atoms with van der Waals surface area (Å²) in [5.74, 6) is 0.514. The molecule has 0 saturated carbocycles. The van der Waals surface area contributed by atoms with Crippen LogP contribution in [0, 0.1) is 12.1 Å². The summed E-state index contributed by atoms with van der Waals surface area (Å²) < 4.78 is 0. The van der Waals surface area contributed by atoms with Crippen molar-refractivity contribution in [1.82, 2.24) is 0 Å². The Morgan fingerprint density at radius 1 is 1.06 bits per heavy atom. The summed E-state index contributed by atoms with van der Waals surface area (Å²) >= 11 is 0. The van der Waals surface area contributed by atoms with Gasteiger partial charge in [-0.2, -0.15) is 0 Å². The molecule has 0 N–H and O–H groups in total. The maximum atomic E-state index is 4.37. The molecule has 2 heteroatoms. The van der Waals surface area contributed by atoms with Gasteiger partial charge in [0.25, 0.3) is 0 Å². The lowest BCUT2D eigenvalue weighted by Crippen LogP contribution is -2.09. The van der Waals surface area contributed by atoms with Crippen LogP contribution in [0.15, 0.2) is 40.3 Å². The highest BCUT2D eigenvalue weighted by Gasteiger charge is 2.27. The Kier molecular flexibility index (Phi) is 5.00. The van der Waals surface area contributed by atoms with E-state index in [2.05, 4.69) is 47.2 Å². The Balaban J connectivity index is 1.88. The molecule has 1 aliphatic heterocycles. The number of rotatable bonds is 7. The first-order valence-corrected chi connectivity index (χ1v) is 6.87. The van der Waals surface area contributed by atoms with E-state index in [0.29, 0.717) is 5.92 Å². The molecule has 0 spiro atoms. The summed E-state index contributed by atoms with van der Waals surface area (Å²) in [5, 5.41) is 0. The average Bonchev–Trinajstić information content (AvgIpc) is 2.94. The lowest BCUT2D eigenvalue weighted by Gasteiger charge is -2.13. The SMILES string of the molecule is CCCCC(CCc1ccccc1)[C+]1N=CC=N1. The average molecular weight is 241 g/mol. The molecule has 0 saturated heterocycles. The lowest BCUT2D eigenvalue weighted by atomic mass is 9.92. The van der Waals surface area contributed by atoms with Crippen molar-refractivity contribution >= 4 is 12.4 Å². The first-order chi connectivity index (χ1) is 8.90. The minimum atomic E-state index is 0.514. The fourth-order valence-electron chi connectivity index (χ4n) is 2.30. The summed E-state index contributed by atoms with van der Waals surface area (Å²) in [6, 6.07) is 10.7. The van der Waals surface area contributed by atoms with Crippen LogP contribution in [0.2, 0.25) is 0 Å². The number of hydrogen-bond donors (Lipinski definition) is 0. The normalized spacial score (nSPS) is 15.3. The van der Waals surface area contributed by atoms with Crippen LogP contribution in [0.25, 0.3) is 0 Å². The Hall–Kier alpha value is -1.57. The molecular formula is C16H21N2+. The van der Waals surface area contributed by atoms with Gasteiger partial charge in [-0.1, -0.05) is 60.1 Å². The molecule has 18 heavy (non-hydrogen) atoms. The van der Waals surface area contributed by atoms with Crippen LogP contribution in [0.5, 0.6) is 0 Å². The van der Waals surface area contributed by atoms with Crippen molar-refractivity contribution in [3.63, 3.8) is 0 Å². The summed E-state index contributed by atoms with van der Waals surface area (Å²) in [6.45, 7) is 2.24. The quantitative estimate of drug-likeness (QED) is 0.643. The summed E-state index contributed by atoms with van der Waals surface area (Å²) in [5.41, 5.74) is 1.41. The Morgan fingerprint density at radius 3 is 2.44 bits per heavy atom. The molecule has 1 aromatic carbocycles. The third-order valence-electron chi connectivity index (χ3n) is 3.38. The van der Waals surface area contributed by atoms with Crippen LogP contribution in [0.3, 0.4) is 0 Å². The van der Waals surface area contributed by atoms with Gasteiger partial charge in [-0.15, -0.1) is 0 Å². The first-order valence-electron chi connectivity index (χ1n) is 6.87. The third kappa shape index (κ3) is 3.73. The number of nitrogens with zero attached hydrogens (tertiary/aromatic N) is 2. The molecule has 1 aromatic rings. The van der Waals surface area contributed by atoms with E-state index >= 15 is 0 Å². The van der Waals surface area contributed by atoms with Crippen molar-refractivity contribution in [2.75, 3.05) is 0 Å². The van der Waals surface area contributed by atoms with Gasteiger partial charge in [-0.25, -0.2) is 0 Å². The third-order valence-corrected chi connectivity index (χ3v) is 3.38. The van der Waals surface area contributed by atoms with E-state index in [1.54, 1.807) is 12.4 Å². The van der Waals surface area contributed by atoms with E-state index in [4.69, 9.17) is 0 Å². The molecule has 0 radical (unpaired) electrons. The summed E-state index contributed by atoms with van der Waals surface area (Å²) in [7, 11) is 0. The molecule has 1 aliphatic rings. The maximum absolute atomic E-state index is 4.37. The highest BCUT2D eigenvalue weighted by Crippen LogP contribution is 2.29. The van der Waals surface area contributed by atoms with Crippen molar-refractivity contribution in [3.8, 4) is 0 Å². The smallest absolute Gasteiger partial charge is 0.0965 e. The van der Waals surface area contributed by atoms with E-state index in [1.807, 2.05) is 0 Å². The van der Waals surface area contributed by atoms with Gasteiger partial charge < -0.3 is 0 Å². The van der Waals surface area contributed by atoms with E-state index in [0.717, 1.165) is 19.0 Å². The number of unbranched alkanes of at least 4 members (excludes halogenated alkanes) is 1. The summed E-state index contributed by atoms with van der Waals surface area (Å²) in [4.78, 5) is 8.74. The van der Waals surface area contributed by atoms with Gasteiger partial charge in [0.1, 0.15) is 0 Å². The number of hydrogen-bond acceptors (Lipinski definition) is 2. The van der Waals surface area contributed by atoms with Gasteiger partial charge in [0.05, 0.1) is 5.92 Å². The second-order valence-electron chi connectivity index (χ2n) is 4.78. The van der Waals surface area contributed by atoms with E-state index in [-0.39, 0.29) is 0 Å². The van der Waals surface area contributed by atoms with E-state index in [1.165, 1.54) is 24.8 Å². The molecule has 0 fully saturated rings. The fraction of sp³-hybridized carbons (Fsp3) is 0.438. The fourth-order valence-corrected chi connectivity index (χ4v) is 2.30. The number of aliphatic imine (C=N–C) groups is 2. The van der Waals surface area contributed by atoms with Crippen LogP contribution < -0.4 is 0 Å². The van der Waals surface area contributed by atoms with Crippen LogP contribution in [-0.2, 0) is 6.42 Å². The molecule has 1 unspecified atom stereocenters. The number of aryl methyl sites for hydroxylation is 1. The molecule has 1 atom stereocenters. The minimum Gasteiger partial charge on any atom is -0.0965 e. The van der Waals surface area contributed by atoms with Crippen molar-refractivity contribution in [1.29, 1.82) is 0 Å². The largest absolute Gasteiger partial charge is 0.243 e. The highest BCUT2D eigenvalue weighted by atomic mass is 15.0. The zero-order valence-electron chi connectivity index (χ0n) is 11.0. The van der Waals surface area contributed by atoms with Gasteiger partial charge in [0.15, 0.2) is 12.4 Å². The van der Waals surface area contributed by atoms with Crippen LogP contribution in [0.4, 0.5) is 0 Å². The van der Waals surface area contributed by atoms with E-state index in [9.17, 15) is 0 Å². The monoisotopic (exact) mass is 241 g/mol. The molecule has 2 nitrogen and oxygen atoms in total. The van der Waals surface area contributed by atoms with Crippen molar-refractivity contribution in [2.45, 2.75) is 39.0 Å². The van der Waals surface area contributed by atoms with Crippen LogP contribution in [-0.4, -0.2) is 12.4 Å². The van der Waals surface area contributed by atoms with Gasteiger partial charge >= 0.3 is 0 Å². The molecule has 2 rings (SSSR count). The number of benzene rings is 1. The predicted molar refractivity (Wildman–Crippen MR) is 78.0 cm³/mol. The molecule has 0 aromatic heterocycles. The Morgan fingerprint density at radius 2 is 1.78 bits per heavy atom. The Bertz CT molecular complexity index is 383. The van der Waals surface area contributed by atoms with Gasteiger partial charge in [0.2, 0.25) is 6.17 Å². The maximum Gasteiger partial charge on any atom is 0.243 e. The molecular weight excluding hydrogens is 220 g/mol. The second-order valence-corrected chi connectivity index (χ2v) is 4.78. The van der Waals surface area contributed by atoms with Crippen molar-refractivity contribution in [2.24, 2.45) is 15.9 Å². The molecule has 0 amide bonds. The standard InChI is InChI=1S/C16H21N2/c1-2-3-9-15(16-17-12-13-18-16)11-10-14-7-5-4-6-8-14/h4-8,12-13,15H,2-3,9-11H2,1H3/q+1. The molecule has 1 heterocycles. The highest BCUT2D eigenvalue weighted by molar-refractivity contribution is 6.18. The van der Waals surface area contributed by atoms with Gasteiger partial charge in [-0.05, 0) is 24.8 Å². The molecule has 0 aliphatic carbocycles. The zero-order chi connectivity index (χ0) is 12.6. The topological polar surface area (TPSA) is 24.7 Å². The predicted octanol–water partition coefficient (Wildman–Crippen LogP) is 4.07. The first kappa shape index (κ1) is 12.9. The van der Waals surface area contributed by atoms with E-state index < -0.39 is 0 Å². The Labute approximate surface area is 110 Å². The van der Waals surface area contributed by atoms with Crippen molar-refractivity contribution < 1.29 is 0 Å². The molecule has 94 valence electrons. The molecule has 0 bridgehead atoms. The van der Waals surface area contributed by atoms with Gasteiger partial charge in [0, 0.05) is 0 Å². The van der Waals surface area contributed by atoms with Gasteiger partial charge in [-0.3, -0.25) is 0 Å². The minimum absolute atomic E-state index is 0.514. The zero-order valence-corrected chi connectivity index (χ0v) is 11.0. The van der Waals surface area contributed by atoms with Crippen LogP contribution in [0.1, 0.15) is 38.2 Å². The second kappa shape index (κ2) is 7.00. The van der Waals surface area contributed by atoms with Crippen LogP contribution >= 0.6 is 0 Å². The summed E-state index contributed by atoms with van der Waals surface area (Å²) in [6.07, 6.45) is 10.6.